The topological polar surface area (TPSA) is 61.0 Å². The van der Waals surface area contributed by atoms with Gasteiger partial charge in [0.05, 0.1) is 11.0 Å². The molecule has 2 heterocycles. The molecule has 24 heavy (non-hydrogen) atoms. The minimum Gasteiger partial charge on any atom is -0.355 e. The number of imidazole rings is 1. The van der Waals surface area contributed by atoms with E-state index in [2.05, 4.69) is 34.0 Å². The molecule has 0 unspecified atom stereocenters. The van der Waals surface area contributed by atoms with Crippen LogP contribution in [0.1, 0.15) is 38.9 Å². The molecule has 0 radical (unpaired) electrons. The predicted molar refractivity (Wildman–Crippen MR) is 96.9 cm³/mol. The summed E-state index contributed by atoms with van der Waals surface area (Å²) in [4.78, 5) is 22.4. The molecule has 2 aromatic rings. The summed E-state index contributed by atoms with van der Waals surface area (Å²) in [5.74, 6) is 1.75. The van der Waals surface area contributed by atoms with E-state index in [0.29, 0.717) is 18.9 Å². The fraction of sp³-hybridized carbons (Fsp3) is 0.579. The number of carbonyl (C=O) groups is 1. The average molecular weight is 328 g/mol. The molecule has 1 aliphatic heterocycles. The second-order valence-corrected chi connectivity index (χ2v) is 7.10. The zero-order chi connectivity index (χ0) is 16.9. The van der Waals surface area contributed by atoms with Crippen molar-refractivity contribution in [3.05, 3.63) is 30.1 Å². The first-order valence-corrected chi connectivity index (χ1v) is 9.06. The first-order valence-electron chi connectivity index (χ1n) is 9.06. The van der Waals surface area contributed by atoms with Gasteiger partial charge in [-0.1, -0.05) is 19.1 Å². The Bertz CT molecular complexity index is 648. The van der Waals surface area contributed by atoms with Crippen LogP contribution in [-0.2, 0) is 11.2 Å². The third-order valence-corrected chi connectivity index (χ3v) is 4.93. The van der Waals surface area contributed by atoms with E-state index in [1.165, 1.54) is 12.8 Å². The van der Waals surface area contributed by atoms with Crippen LogP contribution < -0.4 is 5.32 Å². The van der Waals surface area contributed by atoms with Gasteiger partial charge >= 0.3 is 0 Å². The summed E-state index contributed by atoms with van der Waals surface area (Å²) in [7, 11) is 0. The molecule has 1 aromatic carbocycles. The quantitative estimate of drug-likeness (QED) is 0.857. The highest BCUT2D eigenvalue weighted by molar-refractivity contribution is 5.77. The fourth-order valence-corrected chi connectivity index (χ4v) is 3.46. The Morgan fingerprint density at radius 2 is 2.29 bits per heavy atom. The number of rotatable bonds is 6. The molecule has 0 bridgehead atoms. The number of benzene rings is 1. The zero-order valence-electron chi connectivity index (χ0n) is 14.7. The number of hydrogen-bond acceptors (Lipinski definition) is 3. The van der Waals surface area contributed by atoms with Gasteiger partial charge in [-0.05, 0) is 44.4 Å². The average Bonchev–Trinajstić information content (AvgIpc) is 3.00. The molecule has 2 atom stereocenters. The number of aromatic amines is 1. The molecule has 1 fully saturated rings. The maximum Gasteiger partial charge on any atom is 0.220 e. The monoisotopic (exact) mass is 328 g/mol. The summed E-state index contributed by atoms with van der Waals surface area (Å²) in [6, 6.07) is 8.36. The van der Waals surface area contributed by atoms with Gasteiger partial charge in [-0.15, -0.1) is 0 Å². The second kappa shape index (κ2) is 7.79. The van der Waals surface area contributed by atoms with E-state index >= 15 is 0 Å². The first-order chi connectivity index (χ1) is 11.6. The molecule has 5 heteroatoms. The highest BCUT2D eigenvalue weighted by Gasteiger charge is 2.21. The van der Waals surface area contributed by atoms with Gasteiger partial charge in [0.2, 0.25) is 5.91 Å². The number of hydrogen-bond donors (Lipinski definition) is 2. The number of nitrogens with zero attached hydrogens (tertiary/aromatic N) is 2. The van der Waals surface area contributed by atoms with Crippen LogP contribution >= 0.6 is 0 Å². The number of nitrogens with one attached hydrogen (secondary N) is 2. The highest BCUT2D eigenvalue weighted by Crippen LogP contribution is 2.17. The van der Waals surface area contributed by atoms with Crippen molar-refractivity contribution in [1.82, 2.24) is 20.2 Å². The molecule has 1 saturated heterocycles. The van der Waals surface area contributed by atoms with Crippen LogP contribution in [0.2, 0.25) is 0 Å². The van der Waals surface area contributed by atoms with Crippen LogP contribution in [0.3, 0.4) is 0 Å². The Morgan fingerprint density at radius 3 is 3.08 bits per heavy atom. The minimum atomic E-state index is 0.104. The number of amides is 1. The number of piperidine rings is 1. The van der Waals surface area contributed by atoms with Gasteiger partial charge in [-0.2, -0.15) is 0 Å². The lowest BCUT2D eigenvalue weighted by molar-refractivity contribution is -0.121. The molecule has 1 amide bonds. The van der Waals surface area contributed by atoms with E-state index in [1.807, 2.05) is 24.3 Å². The molecule has 0 aliphatic carbocycles. The van der Waals surface area contributed by atoms with Gasteiger partial charge in [0.15, 0.2) is 0 Å². The van der Waals surface area contributed by atoms with Crippen molar-refractivity contribution in [2.45, 2.75) is 45.6 Å². The van der Waals surface area contributed by atoms with E-state index in [1.54, 1.807) is 0 Å². The van der Waals surface area contributed by atoms with Gasteiger partial charge in [0, 0.05) is 32.0 Å². The van der Waals surface area contributed by atoms with Crippen molar-refractivity contribution in [3.63, 3.8) is 0 Å². The van der Waals surface area contributed by atoms with Crippen molar-refractivity contribution in [3.8, 4) is 0 Å². The molecule has 130 valence electrons. The van der Waals surface area contributed by atoms with Gasteiger partial charge in [-0.25, -0.2) is 4.98 Å². The van der Waals surface area contributed by atoms with Crippen LogP contribution in [0.15, 0.2) is 24.3 Å². The number of fused-ring (bicyclic) bond motifs is 1. The van der Waals surface area contributed by atoms with Crippen molar-refractivity contribution >= 4 is 16.9 Å². The molecule has 5 nitrogen and oxygen atoms in total. The summed E-state index contributed by atoms with van der Waals surface area (Å²) in [5, 5.41) is 3.08. The fourth-order valence-electron chi connectivity index (χ4n) is 3.46. The molecule has 1 aliphatic rings. The molecular weight excluding hydrogens is 300 g/mol. The number of aromatic nitrogens is 2. The van der Waals surface area contributed by atoms with E-state index in [-0.39, 0.29) is 5.91 Å². The largest absolute Gasteiger partial charge is 0.355 e. The summed E-state index contributed by atoms with van der Waals surface area (Å²) in [5.41, 5.74) is 1.99. The highest BCUT2D eigenvalue weighted by atomic mass is 16.1. The molecule has 0 saturated carbocycles. The smallest absolute Gasteiger partial charge is 0.220 e. The lowest BCUT2D eigenvalue weighted by Crippen LogP contribution is -2.46. The van der Waals surface area contributed by atoms with Crippen molar-refractivity contribution in [2.24, 2.45) is 5.92 Å². The number of H-pyrrole nitrogens is 1. The van der Waals surface area contributed by atoms with Crippen LogP contribution in [-0.4, -0.2) is 46.5 Å². The number of carbonyl (C=O) groups excluding carboxylic acids is 1. The van der Waals surface area contributed by atoms with Gasteiger partial charge in [0.25, 0.3) is 0 Å². The van der Waals surface area contributed by atoms with Gasteiger partial charge in [0.1, 0.15) is 5.82 Å². The van der Waals surface area contributed by atoms with E-state index in [4.69, 9.17) is 0 Å². The first kappa shape index (κ1) is 17.0. The Kier molecular flexibility index (Phi) is 5.51. The Hall–Kier alpha value is -1.88. The Labute approximate surface area is 143 Å². The Balaban J connectivity index is 1.42. The normalized spacial score (nSPS) is 20.2. The van der Waals surface area contributed by atoms with Crippen LogP contribution in [0, 0.1) is 5.92 Å². The van der Waals surface area contributed by atoms with E-state index < -0.39 is 0 Å². The summed E-state index contributed by atoms with van der Waals surface area (Å²) >= 11 is 0. The minimum absolute atomic E-state index is 0.104. The number of para-hydroxylation sites is 2. The van der Waals surface area contributed by atoms with Crippen molar-refractivity contribution in [1.29, 1.82) is 0 Å². The zero-order valence-corrected chi connectivity index (χ0v) is 14.7. The lowest BCUT2D eigenvalue weighted by atomic mass is 9.99. The third-order valence-electron chi connectivity index (χ3n) is 4.93. The van der Waals surface area contributed by atoms with Crippen LogP contribution in [0.5, 0.6) is 0 Å². The Morgan fingerprint density at radius 1 is 1.46 bits per heavy atom. The van der Waals surface area contributed by atoms with Crippen LogP contribution in [0.25, 0.3) is 11.0 Å². The SMILES string of the molecule is C[C@@H]1CCCN([C@@H](C)CNC(=O)CCc2nc3ccccc3[nH]2)C1. The lowest BCUT2D eigenvalue weighted by Gasteiger charge is -2.35. The van der Waals surface area contributed by atoms with Crippen LogP contribution in [0.4, 0.5) is 0 Å². The molecule has 3 rings (SSSR count). The summed E-state index contributed by atoms with van der Waals surface area (Å²) < 4.78 is 0. The maximum absolute atomic E-state index is 12.1. The van der Waals surface area contributed by atoms with Crippen molar-refractivity contribution in [2.75, 3.05) is 19.6 Å². The molecule has 0 spiro atoms. The molecule has 1 aromatic heterocycles. The van der Waals surface area contributed by atoms with Gasteiger partial charge < -0.3 is 10.3 Å². The number of aryl methyl sites for hydroxylation is 1. The van der Waals surface area contributed by atoms with E-state index in [0.717, 1.165) is 42.4 Å². The molecule has 2 N–H and O–H groups in total. The number of likely N-dealkylation sites (tertiary alicyclic amines) is 1. The van der Waals surface area contributed by atoms with Crippen molar-refractivity contribution < 1.29 is 4.79 Å². The predicted octanol–water partition coefficient (Wildman–Crippen LogP) is 2.73. The summed E-state index contributed by atoms with van der Waals surface area (Å²) in [6.07, 6.45) is 3.72. The maximum atomic E-state index is 12.1. The third kappa shape index (κ3) is 4.35. The standard InChI is InChI=1S/C19H28N4O/c1-14-6-5-11-23(13-14)15(2)12-20-19(24)10-9-18-21-16-7-3-4-8-17(16)22-18/h3-4,7-8,14-15H,5-6,9-13H2,1-2H3,(H,20,24)(H,21,22)/t14-,15+/m1/s1. The second-order valence-electron chi connectivity index (χ2n) is 7.10. The molecular formula is C19H28N4O. The van der Waals surface area contributed by atoms with Gasteiger partial charge in [-0.3, -0.25) is 9.69 Å². The van der Waals surface area contributed by atoms with E-state index in [9.17, 15) is 4.79 Å². The summed E-state index contributed by atoms with van der Waals surface area (Å²) in [6.45, 7) is 7.55.